The summed E-state index contributed by atoms with van der Waals surface area (Å²) in [5, 5.41) is 16.4. The van der Waals surface area contributed by atoms with Crippen molar-refractivity contribution in [3.63, 3.8) is 0 Å². The van der Waals surface area contributed by atoms with Gasteiger partial charge in [0.05, 0.1) is 16.8 Å². The molecule has 4 heteroatoms. The lowest BCUT2D eigenvalue weighted by Gasteiger charge is -2.22. The lowest BCUT2D eigenvalue weighted by molar-refractivity contribution is 0.161. The van der Waals surface area contributed by atoms with Crippen LogP contribution in [0.5, 0.6) is 0 Å². The molecule has 0 aliphatic rings. The van der Waals surface area contributed by atoms with Crippen LogP contribution in [0.25, 0.3) is 0 Å². The van der Waals surface area contributed by atoms with Crippen molar-refractivity contribution in [2.75, 3.05) is 6.54 Å². The first-order chi connectivity index (χ1) is 8.08. The van der Waals surface area contributed by atoms with Gasteiger partial charge in [0.25, 0.3) is 0 Å². The van der Waals surface area contributed by atoms with Gasteiger partial charge in [0.1, 0.15) is 0 Å². The maximum atomic E-state index is 9.98. The van der Waals surface area contributed by atoms with Gasteiger partial charge in [-0.1, -0.05) is 20.8 Å². The van der Waals surface area contributed by atoms with Crippen LogP contribution >= 0.6 is 11.3 Å². The Morgan fingerprint density at radius 1 is 1.28 bits per heavy atom. The number of hydrogen-bond donors (Lipinski definition) is 2. The van der Waals surface area contributed by atoms with Crippen LogP contribution in [0.1, 0.15) is 52.2 Å². The molecule has 104 valence electrons. The fourth-order valence-corrected chi connectivity index (χ4v) is 2.54. The molecule has 0 saturated carbocycles. The van der Waals surface area contributed by atoms with Crippen LogP contribution in [0.2, 0.25) is 0 Å². The molecule has 18 heavy (non-hydrogen) atoms. The highest BCUT2D eigenvalue weighted by molar-refractivity contribution is 7.09. The Labute approximate surface area is 115 Å². The van der Waals surface area contributed by atoms with Crippen molar-refractivity contribution >= 4 is 11.3 Å². The fourth-order valence-electron chi connectivity index (χ4n) is 1.45. The molecule has 0 bridgehead atoms. The van der Waals surface area contributed by atoms with Gasteiger partial charge < -0.3 is 10.4 Å². The molecule has 1 heterocycles. The van der Waals surface area contributed by atoms with E-state index in [-0.39, 0.29) is 17.1 Å². The van der Waals surface area contributed by atoms with E-state index < -0.39 is 0 Å². The summed E-state index contributed by atoms with van der Waals surface area (Å²) in [6.45, 7) is 13.4. The van der Waals surface area contributed by atoms with Crippen molar-refractivity contribution in [3.05, 3.63) is 16.1 Å². The van der Waals surface area contributed by atoms with Crippen LogP contribution in [0.15, 0.2) is 5.38 Å². The van der Waals surface area contributed by atoms with Crippen LogP contribution in [0.3, 0.4) is 0 Å². The summed E-state index contributed by atoms with van der Waals surface area (Å²) in [7, 11) is 0. The number of β-amino-alcohol motifs (C(OH)–C–C–N with tert-alkyl or cyclic N) is 1. The topological polar surface area (TPSA) is 45.1 Å². The van der Waals surface area contributed by atoms with E-state index in [1.807, 2.05) is 0 Å². The Balaban J connectivity index is 2.50. The number of nitrogens with zero attached hydrogens (tertiary/aromatic N) is 1. The number of thiazole rings is 1. The first-order valence-electron chi connectivity index (χ1n) is 6.46. The minimum Gasteiger partial charge on any atom is -0.391 e. The van der Waals surface area contributed by atoms with Crippen molar-refractivity contribution < 1.29 is 5.11 Å². The molecule has 1 atom stereocenters. The molecule has 0 fully saturated rings. The highest BCUT2D eigenvalue weighted by Gasteiger charge is 2.19. The summed E-state index contributed by atoms with van der Waals surface area (Å²) in [6.07, 6.45) is 0.257. The van der Waals surface area contributed by atoms with Crippen molar-refractivity contribution in [1.29, 1.82) is 0 Å². The van der Waals surface area contributed by atoms with Crippen LogP contribution in [0, 0.1) is 0 Å². The molecular weight excluding hydrogens is 244 g/mol. The van der Waals surface area contributed by atoms with Crippen molar-refractivity contribution in [1.82, 2.24) is 10.3 Å². The summed E-state index contributed by atoms with van der Waals surface area (Å²) < 4.78 is 0. The third-order valence-corrected chi connectivity index (χ3v) is 3.47. The Morgan fingerprint density at radius 3 is 2.33 bits per heavy atom. The maximum absolute atomic E-state index is 9.98. The van der Waals surface area contributed by atoms with E-state index in [2.05, 4.69) is 57.2 Å². The molecule has 0 aromatic carbocycles. The minimum atomic E-state index is -0.372. The Bertz CT molecular complexity index is 374. The van der Waals surface area contributed by atoms with Gasteiger partial charge in [-0.3, -0.25) is 0 Å². The molecule has 1 unspecified atom stereocenters. The monoisotopic (exact) mass is 270 g/mol. The molecule has 0 amide bonds. The number of aliphatic hydroxyl groups is 1. The van der Waals surface area contributed by atoms with E-state index in [0.29, 0.717) is 13.0 Å². The van der Waals surface area contributed by atoms with Gasteiger partial charge in [-0.05, 0) is 20.8 Å². The third-order valence-electron chi connectivity index (χ3n) is 2.60. The van der Waals surface area contributed by atoms with Crippen molar-refractivity contribution in [2.45, 2.75) is 65.0 Å². The molecule has 0 spiro atoms. The highest BCUT2D eigenvalue weighted by Crippen LogP contribution is 2.24. The van der Waals surface area contributed by atoms with Crippen LogP contribution in [-0.4, -0.2) is 28.3 Å². The molecule has 1 aromatic rings. The molecule has 0 aliphatic carbocycles. The quantitative estimate of drug-likeness (QED) is 0.884. The normalized spacial score (nSPS) is 14.8. The largest absolute Gasteiger partial charge is 0.391 e. The smallest absolute Gasteiger partial charge is 0.0954 e. The Kier molecular flexibility index (Phi) is 4.92. The zero-order chi connectivity index (χ0) is 14.0. The summed E-state index contributed by atoms with van der Waals surface area (Å²) in [6, 6.07) is 0. The van der Waals surface area contributed by atoms with Gasteiger partial charge in [-0.25, -0.2) is 4.98 Å². The van der Waals surface area contributed by atoms with E-state index in [1.54, 1.807) is 11.3 Å². The number of aromatic nitrogens is 1. The average molecular weight is 270 g/mol. The molecule has 0 radical (unpaired) electrons. The van der Waals surface area contributed by atoms with Crippen molar-refractivity contribution in [2.24, 2.45) is 0 Å². The van der Waals surface area contributed by atoms with Crippen molar-refractivity contribution in [3.8, 4) is 0 Å². The lowest BCUT2D eigenvalue weighted by atomic mass is 9.93. The summed E-state index contributed by atoms with van der Waals surface area (Å²) >= 11 is 1.64. The summed E-state index contributed by atoms with van der Waals surface area (Å²) in [5.41, 5.74) is 1.24. The zero-order valence-corrected chi connectivity index (χ0v) is 13.2. The molecule has 1 aromatic heterocycles. The predicted octanol–water partition coefficient (Wildman–Crippen LogP) is 2.73. The van der Waals surface area contributed by atoms with Gasteiger partial charge >= 0.3 is 0 Å². The average Bonchev–Trinajstić information content (AvgIpc) is 2.61. The van der Waals surface area contributed by atoms with E-state index in [9.17, 15) is 5.11 Å². The second-order valence-electron chi connectivity index (χ2n) is 6.87. The van der Waals surface area contributed by atoms with E-state index in [1.165, 1.54) is 0 Å². The van der Waals surface area contributed by atoms with Gasteiger partial charge in [0.15, 0.2) is 0 Å². The Morgan fingerprint density at radius 2 is 1.89 bits per heavy atom. The number of nitrogens with one attached hydrogen (secondary N) is 1. The first-order valence-corrected chi connectivity index (χ1v) is 7.34. The first kappa shape index (κ1) is 15.6. The van der Waals surface area contributed by atoms with Crippen LogP contribution in [-0.2, 0) is 11.8 Å². The van der Waals surface area contributed by atoms with Gasteiger partial charge in [0.2, 0.25) is 0 Å². The van der Waals surface area contributed by atoms with E-state index >= 15 is 0 Å². The predicted molar refractivity (Wildman–Crippen MR) is 78.3 cm³/mol. The lowest BCUT2D eigenvalue weighted by Crippen LogP contribution is -2.41. The number of aliphatic hydroxyl groups excluding tert-OH is 1. The molecule has 0 saturated heterocycles. The second kappa shape index (κ2) is 5.68. The molecule has 1 rings (SSSR count). The summed E-state index contributed by atoms with van der Waals surface area (Å²) in [4.78, 5) is 4.60. The maximum Gasteiger partial charge on any atom is 0.0954 e. The van der Waals surface area contributed by atoms with Gasteiger partial charge in [0, 0.05) is 29.3 Å². The van der Waals surface area contributed by atoms with E-state index in [0.717, 1.165) is 10.7 Å². The molecule has 2 N–H and O–H groups in total. The number of hydrogen-bond acceptors (Lipinski definition) is 4. The standard InChI is InChI=1S/C14H26N2OS/c1-13(2,3)11-9-18-12(16-11)7-10(17)8-15-14(4,5)6/h9-10,15,17H,7-8H2,1-6H3. The Hall–Kier alpha value is -0.450. The van der Waals surface area contributed by atoms with E-state index in [4.69, 9.17) is 0 Å². The fraction of sp³-hybridized carbons (Fsp3) is 0.786. The summed E-state index contributed by atoms with van der Waals surface area (Å²) in [5.74, 6) is 0. The van der Waals surface area contributed by atoms with Gasteiger partial charge in [-0.2, -0.15) is 0 Å². The SMILES string of the molecule is CC(C)(C)NCC(O)Cc1nc(C(C)(C)C)cs1. The highest BCUT2D eigenvalue weighted by atomic mass is 32.1. The van der Waals surface area contributed by atoms with Gasteiger partial charge in [-0.15, -0.1) is 11.3 Å². The third kappa shape index (κ3) is 5.46. The second-order valence-corrected chi connectivity index (χ2v) is 7.81. The van der Waals surface area contributed by atoms with Crippen LogP contribution in [0.4, 0.5) is 0 Å². The molecule has 3 nitrogen and oxygen atoms in total. The minimum absolute atomic E-state index is 0.0421. The zero-order valence-electron chi connectivity index (χ0n) is 12.4. The molecule has 0 aliphatic heterocycles. The van der Waals surface area contributed by atoms with Crippen LogP contribution < -0.4 is 5.32 Å². The number of rotatable bonds is 4. The molecular formula is C14H26N2OS.